The number of thiophene rings is 1. The number of hydrogen-bond donors (Lipinski definition) is 1. The second-order valence-corrected chi connectivity index (χ2v) is 6.63. The van der Waals surface area contributed by atoms with E-state index in [-0.39, 0.29) is 12.0 Å². The minimum Gasteiger partial charge on any atom is -0.469 e. The van der Waals surface area contributed by atoms with E-state index in [1.807, 2.05) is 6.07 Å². The number of hydrogen-bond acceptors (Lipinski definition) is 4. The summed E-state index contributed by atoms with van der Waals surface area (Å²) in [5.74, 6) is 0.696. The van der Waals surface area contributed by atoms with E-state index in [0.29, 0.717) is 12.5 Å². The molecule has 1 N–H and O–H groups in total. The second kappa shape index (κ2) is 7.79. The van der Waals surface area contributed by atoms with Crippen molar-refractivity contribution in [3.05, 3.63) is 22.4 Å². The summed E-state index contributed by atoms with van der Waals surface area (Å²) >= 11 is 1.71. The van der Waals surface area contributed by atoms with Crippen LogP contribution in [0.4, 0.5) is 0 Å². The third kappa shape index (κ3) is 4.32. The van der Waals surface area contributed by atoms with Crippen LogP contribution in [-0.4, -0.2) is 19.1 Å². The Kier molecular flexibility index (Phi) is 6.05. The zero-order valence-electron chi connectivity index (χ0n) is 12.4. The SMILES string of the molecule is CC[C@@H]1CCC[C@@H](N[C@@H](CC(=O)OC)c2cccs2)C1. The van der Waals surface area contributed by atoms with E-state index >= 15 is 0 Å². The Morgan fingerprint density at radius 2 is 2.40 bits per heavy atom. The molecule has 0 unspecified atom stereocenters. The molecule has 0 spiro atoms. The highest BCUT2D eigenvalue weighted by atomic mass is 32.1. The van der Waals surface area contributed by atoms with E-state index in [1.54, 1.807) is 11.3 Å². The number of rotatable bonds is 6. The Morgan fingerprint density at radius 3 is 3.05 bits per heavy atom. The fraction of sp³-hybridized carbons (Fsp3) is 0.688. The molecule has 1 aliphatic rings. The molecule has 0 aromatic carbocycles. The Hall–Kier alpha value is -0.870. The van der Waals surface area contributed by atoms with Gasteiger partial charge in [0.2, 0.25) is 0 Å². The van der Waals surface area contributed by atoms with Crippen molar-refractivity contribution in [3.63, 3.8) is 0 Å². The molecule has 4 heteroatoms. The second-order valence-electron chi connectivity index (χ2n) is 5.65. The number of ether oxygens (including phenoxy) is 1. The first-order valence-electron chi connectivity index (χ1n) is 7.59. The summed E-state index contributed by atoms with van der Waals surface area (Å²) in [7, 11) is 1.46. The lowest BCUT2D eigenvalue weighted by Gasteiger charge is -2.32. The Labute approximate surface area is 125 Å². The van der Waals surface area contributed by atoms with Gasteiger partial charge in [0, 0.05) is 10.9 Å². The molecule has 1 aliphatic carbocycles. The molecule has 112 valence electrons. The third-order valence-corrected chi connectivity index (χ3v) is 5.27. The highest BCUT2D eigenvalue weighted by molar-refractivity contribution is 7.10. The third-order valence-electron chi connectivity index (χ3n) is 4.28. The maximum absolute atomic E-state index is 11.6. The van der Waals surface area contributed by atoms with Gasteiger partial charge in [0.05, 0.1) is 19.6 Å². The molecule has 3 nitrogen and oxygen atoms in total. The van der Waals surface area contributed by atoms with Gasteiger partial charge in [-0.3, -0.25) is 4.79 Å². The summed E-state index contributed by atoms with van der Waals surface area (Å²) in [6.45, 7) is 2.28. The van der Waals surface area contributed by atoms with Gasteiger partial charge in [-0.2, -0.15) is 0 Å². The number of carbonyl (C=O) groups is 1. The highest BCUT2D eigenvalue weighted by Gasteiger charge is 2.25. The molecule has 2 rings (SSSR count). The molecular weight excluding hydrogens is 270 g/mol. The maximum Gasteiger partial charge on any atom is 0.307 e. The highest BCUT2D eigenvalue weighted by Crippen LogP contribution is 2.30. The molecule has 1 aromatic heterocycles. The average Bonchev–Trinajstić information content (AvgIpc) is 3.00. The molecule has 20 heavy (non-hydrogen) atoms. The Balaban J connectivity index is 1.98. The van der Waals surface area contributed by atoms with Gasteiger partial charge in [-0.05, 0) is 30.2 Å². The van der Waals surface area contributed by atoms with Crippen LogP contribution in [0.5, 0.6) is 0 Å². The van der Waals surface area contributed by atoms with Gasteiger partial charge < -0.3 is 10.1 Å². The largest absolute Gasteiger partial charge is 0.469 e. The number of methoxy groups -OCH3 is 1. The van der Waals surface area contributed by atoms with E-state index in [2.05, 4.69) is 23.7 Å². The van der Waals surface area contributed by atoms with Crippen molar-refractivity contribution >= 4 is 17.3 Å². The van der Waals surface area contributed by atoms with Crippen LogP contribution >= 0.6 is 11.3 Å². The van der Waals surface area contributed by atoms with Crippen LogP contribution in [0.3, 0.4) is 0 Å². The van der Waals surface area contributed by atoms with Crippen LogP contribution in [0, 0.1) is 5.92 Å². The minimum atomic E-state index is -0.140. The quantitative estimate of drug-likeness (QED) is 0.809. The van der Waals surface area contributed by atoms with E-state index in [9.17, 15) is 4.79 Å². The zero-order valence-corrected chi connectivity index (χ0v) is 13.2. The predicted octanol–water partition coefficient (Wildman–Crippen LogP) is 3.91. The molecule has 0 amide bonds. The van der Waals surface area contributed by atoms with Crippen molar-refractivity contribution in [1.82, 2.24) is 5.32 Å². The van der Waals surface area contributed by atoms with E-state index in [1.165, 1.54) is 44.1 Å². The lowest BCUT2D eigenvalue weighted by molar-refractivity contribution is -0.141. The van der Waals surface area contributed by atoms with Crippen molar-refractivity contribution < 1.29 is 9.53 Å². The smallest absolute Gasteiger partial charge is 0.307 e. The van der Waals surface area contributed by atoms with Gasteiger partial charge in [0.15, 0.2) is 0 Å². The first-order chi connectivity index (χ1) is 9.72. The number of carbonyl (C=O) groups excluding carboxylic acids is 1. The van der Waals surface area contributed by atoms with E-state index < -0.39 is 0 Å². The first-order valence-corrected chi connectivity index (χ1v) is 8.47. The Morgan fingerprint density at radius 1 is 1.55 bits per heavy atom. The summed E-state index contributed by atoms with van der Waals surface area (Å²) in [5.41, 5.74) is 0. The molecule has 1 fully saturated rings. The van der Waals surface area contributed by atoms with Crippen LogP contribution in [0.1, 0.15) is 56.4 Å². The predicted molar refractivity (Wildman–Crippen MR) is 82.9 cm³/mol. The standard InChI is InChI=1S/C16H25NO2S/c1-3-12-6-4-7-13(10-12)17-14(11-16(18)19-2)15-8-5-9-20-15/h5,8-9,12-14,17H,3-4,6-7,10-11H2,1-2H3/t12-,13-,14+/m1/s1. The van der Waals surface area contributed by atoms with Crippen molar-refractivity contribution in [2.45, 2.75) is 57.5 Å². The minimum absolute atomic E-state index is 0.100. The molecular formula is C16H25NO2S. The van der Waals surface area contributed by atoms with Crippen molar-refractivity contribution in [3.8, 4) is 0 Å². The lowest BCUT2D eigenvalue weighted by Crippen LogP contribution is -2.37. The van der Waals surface area contributed by atoms with E-state index in [4.69, 9.17) is 4.74 Å². The monoisotopic (exact) mass is 295 g/mol. The summed E-state index contributed by atoms with van der Waals surface area (Å²) < 4.78 is 4.84. The molecule has 0 bridgehead atoms. The summed E-state index contributed by atoms with van der Waals surface area (Å²) in [6, 6.07) is 4.78. The molecule has 1 heterocycles. The molecule has 0 saturated heterocycles. The average molecular weight is 295 g/mol. The topological polar surface area (TPSA) is 38.3 Å². The van der Waals surface area contributed by atoms with Crippen LogP contribution in [0.15, 0.2) is 17.5 Å². The normalized spacial score (nSPS) is 24.3. The van der Waals surface area contributed by atoms with Gasteiger partial charge >= 0.3 is 5.97 Å². The molecule has 3 atom stereocenters. The maximum atomic E-state index is 11.6. The first kappa shape index (κ1) is 15.5. The fourth-order valence-corrected chi connectivity index (χ4v) is 3.87. The summed E-state index contributed by atoms with van der Waals surface area (Å²) in [4.78, 5) is 12.9. The molecule has 1 saturated carbocycles. The zero-order chi connectivity index (χ0) is 14.4. The van der Waals surface area contributed by atoms with Crippen LogP contribution in [0.25, 0.3) is 0 Å². The Bertz CT molecular complexity index is 405. The van der Waals surface area contributed by atoms with Crippen molar-refractivity contribution in [2.75, 3.05) is 7.11 Å². The van der Waals surface area contributed by atoms with Gasteiger partial charge in [-0.25, -0.2) is 0 Å². The van der Waals surface area contributed by atoms with Crippen molar-refractivity contribution in [1.29, 1.82) is 0 Å². The number of esters is 1. The van der Waals surface area contributed by atoms with Gasteiger partial charge in [0.1, 0.15) is 0 Å². The molecule has 0 aliphatic heterocycles. The fourth-order valence-electron chi connectivity index (χ4n) is 3.08. The number of nitrogens with one attached hydrogen (secondary N) is 1. The summed E-state index contributed by atoms with van der Waals surface area (Å²) in [6.07, 6.45) is 6.79. The van der Waals surface area contributed by atoms with Crippen LogP contribution in [-0.2, 0) is 9.53 Å². The van der Waals surface area contributed by atoms with Crippen LogP contribution < -0.4 is 5.32 Å². The lowest BCUT2D eigenvalue weighted by atomic mass is 9.84. The van der Waals surface area contributed by atoms with Crippen LogP contribution in [0.2, 0.25) is 0 Å². The van der Waals surface area contributed by atoms with E-state index in [0.717, 1.165) is 5.92 Å². The molecule has 1 aromatic rings. The van der Waals surface area contributed by atoms with Gasteiger partial charge in [-0.15, -0.1) is 11.3 Å². The van der Waals surface area contributed by atoms with Gasteiger partial charge in [0.25, 0.3) is 0 Å². The summed E-state index contributed by atoms with van der Waals surface area (Å²) in [5, 5.41) is 5.76. The van der Waals surface area contributed by atoms with Gasteiger partial charge in [-0.1, -0.05) is 32.3 Å². The molecule has 0 radical (unpaired) electrons. The van der Waals surface area contributed by atoms with Crippen molar-refractivity contribution in [2.24, 2.45) is 5.92 Å².